The molecule has 0 saturated heterocycles. The average molecular weight is 301 g/mol. The molecule has 0 unspecified atom stereocenters. The van der Waals surface area contributed by atoms with E-state index in [0.29, 0.717) is 18.1 Å². The number of hydrogen-bond acceptors (Lipinski definition) is 3. The van der Waals surface area contributed by atoms with E-state index in [0.717, 1.165) is 25.7 Å². The largest absolute Gasteiger partial charge is 0.481 e. The van der Waals surface area contributed by atoms with E-state index < -0.39 is 11.4 Å². The minimum atomic E-state index is -0.902. The molecule has 1 rings (SSSR count). The second-order valence-corrected chi connectivity index (χ2v) is 6.88. The molecule has 116 valence electrons. The summed E-state index contributed by atoms with van der Waals surface area (Å²) in [7, 11) is 0. The van der Waals surface area contributed by atoms with Gasteiger partial charge in [-0.2, -0.15) is 11.8 Å². The predicted molar refractivity (Wildman–Crippen MR) is 83.0 cm³/mol. The van der Waals surface area contributed by atoms with Gasteiger partial charge in [-0.3, -0.25) is 9.59 Å². The maximum atomic E-state index is 12.1. The topological polar surface area (TPSA) is 66.4 Å². The second-order valence-electron chi connectivity index (χ2n) is 5.75. The lowest BCUT2D eigenvalue weighted by atomic mass is 9.79. The number of hydrogen-bond donors (Lipinski definition) is 2. The van der Waals surface area contributed by atoms with Crippen LogP contribution in [0.5, 0.6) is 0 Å². The quantitative estimate of drug-likeness (QED) is 0.758. The van der Waals surface area contributed by atoms with Crippen LogP contribution in [0.1, 0.15) is 58.8 Å². The highest BCUT2D eigenvalue weighted by Crippen LogP contribution is 2.32. The van der Waals surface area contributed by atoms with Gasteiger partial charge in [0.25, 0.3) is 0 Å². The highest BCUT2D eigenvalue weighted by atomic mass is 32.2. The van der Waals surface area contributed by atoms with E-state index in [4.69, 9.17) is 0 Å². The van der Waals surface area contributed by atoms with Crippen molar-refractivity contribution in [2.75, 3.05) is 6.26 Å². The standard InChI is InChI=1S/C15H27NO3S/c1-4-15(5-2,14(18)19)10-13(17)16-11-6-8-12(20-3)9-7-11/h11-12H,4-10H2,1-3H3,(H,16,17)(H,18,19). The van der Waals surface area contributed by atoms with Gasteiger partial charge in [-0.25, -0.2) is 0 Å². The van der Waals surface area contributed by atoms with E-state index in [1.54, 1.807) is 0 Å². The fraction of sp³-hybridized carbons (Fsp3) is 0.867. The van der Waals surface area contributed by atoms with Crippen molar-refractivity contribution in [3.8, 4) is 0 Å². The summed E-state index contributed by atoms with van der Waals surface area (Å²) in [6.07, 6.45) is 7.50. The lowest BCUT2D eigenvalue weighted by Crippen LogP contribution is -2.42. The molecule has 1 saturated carbocycles. The molecule has 1 aliphatic rings. The maximum Gasteiger partial charge on any atom is 0.310 e. The Labute approximate surface area is 126 Å². The summed E-state index contributed by atoms with van der Waals surface area (Å²) >= 11 is 1.90. The Bertz CT molecular complexity index is 334. The molecular weight excluding hydrogens is 274 g/mol. The SMILES string of the molecule is CCC(CC)(CC(=O)NC1CCC(SC)CC1)C(=O)O. The van der Waals surface area contributed by atoms with Crippen LogP contribution in [0.2, 0.25) is 0 Å². The number of nitrogens with one attached hydrogen (secondary N) is 1. The first-order chi connectivity index (χ1) is 9.47. The summed E-state index contributed by atoms with van der Waals surface area (Å²) in [5, 5.41) is 13.1. The van der Waals surface area contributed by atoms with Crippen molar-refractivity contribution in [2.45, 2.75) is 70.1 Å². The number of amides is 1. The van der Waals surface area contributed by atoms with Gasteiger partial charge in [0.2, 0.25) is 5.91 Å². The third-order valence-electron chi connectivity index (χ3n) is 4.68. The fourth-order valence-electron chi connectivity index (χ4n) is 2.91. The lowest BCUT2D eigenvalue weighted by Gasteiger charge is -2.30. The van der Waals surface area contributed by atoms with E-state index in [1.165, 1.54) is 0 Å². The Morgan fingerprint density at radius 3 is 2.15 bits per heavy atom. The molecule has 0 aromatic rings. The molecule has 0 aromatic carbocycles. The third kappa shape index (κ3) is 4.40. The van der Waals surface area contributed by atoms with Crippen LogP contribution in [0.25, 0.3) is 0 Å². The molecule has 0 aliphatic heterocycles. The first-order valence-electron chi connectivity index (χ1n) is 7.53. The van der Waals surface area contributed by atoms with E-state index in [1.807, 2.05) is 25.6 Å². The monoisotopic (exact) mass is 301 g/mol. The van der Waals surface area contributed by atoms with Crippen molar-refractivity contribution < 1.29 is 14.7 Å². The second kappa shape index (κ2) is 7.91. The maximum absolute atomic E-state index is 12.1. The molecule has 5 heteroatoms. The fourth-order valence-corrected chi connectivity index (χ4v) is 3.65. The van der Waals surface area contributed by atoms with Crippen molar-refractivity contribution >= 4 is 23.6 Å². The minimum absolute atomic E-state index is 0.0950. The molecule has 1 amide bonds. The predicted octanol–water partition coefficient (Wildman–Crippen LogP) is 3.06. The number of carboxylic acid groups (broad SMARTS) is 1. The molecule has 2 N–H and O–H groups in total. The van der Waals surface area contributed by atoms with E-state index in [2.05, 4.69) is 11.6 Å². The van der Waals surface area contributed by atoms with E-state index in [9.17, 15) is 14.7 Å². The molecule has 0 heterocycles. The number of carbonyl (C=O) groups excluding carboxylic acids is 1. The Hall–Kier alpha value is -0.710. The molecule has 0 atom stereocenters. The lowest BCUT2D eigenvalue weighted by molar-refractivity contribution is -0.152. The van der Waals surface area contributed by atoms with Crippen LogP contribution >= 0.6 is 11.8 Å². The van der Waals surface area contributed by atoms with Crippen molar-refractivity contribution in [3.05, 3.63) is 0 Å². The van der Waals surface area contributed by atoms with Gasteiger partial charge in [0, 0.05) is 17.7 Å². The summed E-state index contributed by atoms with van der Waals surface area (Å²) in [4.78, 5) is 23.5. The molecule has 1 fully saturated rings. The first kappa shape index (κ1) is 17.3. The van der Waals surface area contributed by atoms with Crippen LogP contribution in [0.3, 0.4) is 0 Å². The van der Waals surface area contributed by atoms with Gasteiger partial charge in [-0.1, -0.05) is 13.8 Å². The molecule has 0 bridgehead atoms. The molecule has 1 aliphatic carbocycles. The molecule has 4 nitrogen and oxygen atoms in total. The molecular formula is C15H27NO3S. The average Bonchev–Trinajstić information content (AvgIpc) is 2.45. The smallest absolute Gasteiger partial charge is 0.310 e. The zero-order valence-corrected chi connectivity index (χ0v) is 13.6. The number of carbonyl (C=O) groups is 2. The third-order valence-corrected chi connectivity index (χ3v) is 5.82. The van der Waals surface area contributed by atoms with Gasteiger partial charge >= 0.3 is 5.97 Å². The summed E-state index contributed by atoms with van der Waals surface area (Å²) in [5.41, 5.74) is -0.902. The normalized spacial score (nSPS) is 23.4. The summed E-state index contributed by atoms with van der Waals surface area (Å²) in [5.74, 6) is -0.965. The van der Waals surface area contributed by atoms with Crippen LogP contribution in [-0.2, 0) is 9.59 Å². The number of aliphatic carboxylic acids is 1. The molecule has 0 aromatic heterocycles. The van der Waals surface area contributed by atoms with Gasteiger partial charge < -0.3 is 10.4 Å². The number of thioether (sulfide) groups is 1. The number of rotatable bonds is 7. The Morgan fingerprint density at radius 2 is 1.75 bits per heavy atom. The highest BCUT2D eigenvalue weighted by molar-refractivity contribution is 7.99. The van der Waals surface area contributed by atoms with E-state index >= 15 is 0 Å². The number of carboxylic acids is 1. The van der Waals surface area contributed by atoms with Crippen LogP contribution in [-0.4, -0.2) is 34.5 Å². The van der Waals surface area contributed by atoms with Crippen molar-refractivity contribution in [3.63, 3.8) is 0 Å². The zero-order chi connectivity index (χ0) is 15.2. The Kier molecular flexibility index (Phi) is 6.86. The van der Waals surface area contributed by atoms with Gasteiger partial charge in [0.1, 0.15) is 0 Å². The summed E-state index contributed by atoms with van der Waals surface area (Å²) in [6, 6.07) is 0.228. The van der Waals surface area contributed by atoms with E-state index in [-0.39, 0.29) is 18.4 Å². The van der Waals surface area contributed by atoms with Crippen molar-refractivity contribution in [1.29, 1.82) is 0 Å². The van der Waals surface area contributed by atoms with Crippen molar-refractivity contribution in [1.82, 2.24) is 5.32 Å². The van der Waals surface area contributed by atoms with Gasteiger partial charge in [0.05, 0.1) is 5.41 Å². The van der Waals surface area contributed by atoms with Crippen LogP contribution in [0, 0.1) is 5.41 Å². The van der Waals surface area contributed by atoms with Gasteiger partial charge in [0.15, 0.2) is 0 Å². The molecule has 0 spiro atoms. The van der Waals surface area contributed by atoms with Gasteiger partial charge in [-0.15, -0.1) is 0 Å². The molecule has 0 radical (unpaired) electrons. The summed E-state index contributed by atoms with van der Waals surface area (Å²) in [6.45, 7) is 3.68. The van der Waals surface area contributed by atoms with Gasteiger partial charge in [-0.05, 0) is 44.8 Å². The minimum Gasteiger partial charge on any atom is -0.481 e. The Morgan fingerprint density at radius 1 is 1.20 bits per heavy atom. The van der Waals surface area contributed by atoms with Crippen LogP contribution < -0.4 is 5.32 Å². The van der Waals surface area contributed by atoms with Crippen LogP contribution in [0.15, 0.2) is 0 Å². The molecule has 20 heavy (non-hydrogen) atoms. The zero-order valence-electron chi connectivity index (χ0n) is 12.8. The first-order valence-corrected chi connectivity index (χ1v) is 8.81. The summed E-state index contributed by atoms with van der Waals surface area (Å²) < 4.78 is 0. The van der Waals surface area contributed by atoms with Crippen molar-refractivity contribution in [2.24, 2.45) is 5.41 Å². The Balaban J connectivity index is 2.49. The van der Waals surface area contributed by atoms with Crippen LogP contribution in [0.4, 0.5) is 0 Å². The highest BCUT2D eigenvalue weighted by Gasteiger charge is 2.37.